The van der Waals surface area contributed by atoms with Gasteiger partial charge in [-0.25, -0.2) is 38.1 Å². The molecule has 0 fully saturated rings. The number of fused-ring (bicyclic) bond motifs is 5. The molecule has 58 heteroatoms. The second-order valence-corrected chi connectivity index (χ2v) is 38.6. The number of aromatic nitrogens is 20. The second-order valence-electron chi connectivity index (χ2n) is 30.7. The van der Waals surface area contributed by atoms with Crippen LogP contribution in [0, 0.1) is 0 Å². The molecule has 0 radical (unpaired) electrons. The molecule has 20 aromatic rings. The smallest absolute Gasteiger partial charge is 0.417 e. The average Bonchev–Trinajstić information content (AvgIpc) is 1.65. The fourth-order valence-electron chi connectivity index (χ4n) is 13.6. The quantitative estimate of drug-likeness (QED) is 0.0361. The van der Waals surface area contributed by atoms with Gasteiger partial charge in [-0.3, -0.25) is 0 Å². The molecule has 0 atom stereocenters. The normalized spacial score (nSPS) is 12.1. The Morgan fingerprint density at radius 1 is 0.354 bits per heavy atom. The van der Waals surface area contributed by atoms with Gasteiger partial charge in [-0.1, -0.05) is 189 Å². The van der Waals surface area contributed by atoms with E-state index in [1.807, 2.05) is 30.5 Å². The molecule has 15 aromatic heterocycles. The van der Waals surface area contributed by atoms with Crippen LogP contribution in [0.4, 0.5) is 65.9 Å². The molecule has 5 aromatic carbocycles. The predicted molar refractivity (Wildman–Crippen MR) is 520 cm³/mol. The molecule has 0 aliphatic rings. The van der Waals surface area contributed by atoms with Gasteiger partial charge < -0.3 is 54.5 Å². The number of pyridine rings is 5. The minimum atomic E-state index is -4.57. The van der Waals surface area contributed by atoms with Crippen molar-refractivity contribution >= 4 is 194 Å². The summed E-state index contributed by atoms with van der Waals surface area (Å²) in [6, 6.07) is 28.9. The van der Waals surface area contributed by atoms with Crippen LogP contribution in [0.3, 0.4) is 0 Å². The Kier molecular flexibility index (Phi) is 31.4. The Hall–Kier alpha value is -12.4. The van der Waals surface area contributed by atoms with Gasteiger partial charge in [0.15, 0.2) is 38.1 Å². The first kappa shape index (κ1) is 107. The van der Waals surface area contributed by atoms with Gasteiger partial charge >= 0.3 is 36.9 Å². The van der Waals surface area contributed by atoms with Crippen LogP contribution in [0.25, 0.3) is 143 Å². The fourth-order valence-corrected chi connectivity index (χ4v) is 18.1. The molecule has 0 bridgehead atoms. The second kappa shape index (κ2) is 43.0. The number of nitrogens with zero attached hydrogens (tertiary/aromatic N) is 20. The molecule has 0 unspecified atom stereocenters. The van der Waals surface area contributed by atoms with Gasteiger partial charge in [0.1, 0.15) is 28.5 Å². The Morgan fingerprint density at radius 2 is 0.599 bits per heavy atom. The number of rotatable bonds is 18. The van der Waals surface area contributed by atoms with E-state index in [1.165, 1.54) is 64.1 Å². The van der Waals surface area contributed by atoms with Crippen molar-refractivity contribution in [2.24, 2.45) is 0 Å². The number of aliphatic hydroxyl groups excluding tert-OH is 1. The highest BCUT2D eigenvalue weighted by molar-refractivity contribution is 14.1. The number of aliphatic hydroxyl groups is 1. The molecule has 0 aliphatic carbocycles. The molecule has 20 rings (SSSR count). The predicted octanol–water partition coefficient (Wildman–Crippen LogP) is 27.9. The molecule has 0 amide bonds. The molecule has 30 nitrogen and oxygen atoms in total. The number of hydrogen-bond acceptors (Lipinski definition) is 26. The van der Waals surface area contributed by atoms with Crippen molar-refractivity contribution < 1.29 is 112 Å². The lowest BCUT2D eigenvalue weighted by Gasteiger charge is -2.07. The van der Waals surface area contributed by atoms with Crippen molar-refractivity contribution in [1.29, 1.82) is 0 Å². The van der Waals surface area contributed by atoms with E-state index in [2.05, 4.69) is 98.2 Å². The Morgan fingerprint density at radius 3 is 0.844 bits per heavy atom. The summed E-state index contributed by atoms with van der Waals surface area (Å²) in [5.74, 6) is 0.965. The van der Waals surface area contributed by atoms with E-state index in [9.17, 15) is 79.1 Å². The molecule has 0 spiro atoms. The van der Waals surface area contributed by atoms with Gasteiger partial charge in [0, 0.05) is 106 Å². The molecule has 15 heterocycles. The van der Waals surface area contributed by atoms with Crippen LogP contribution >= 0.6 is 150 Å². The zero-order valence-corrected chi connectivity index (χ0v) is 84.4. The number of halogens is 26. The van der Waals surface area contributed by atoms with E-state index in [0.717, 1.165) is 102 Å². The number of hydrogen-bond donors (Lipinski definition) is 1. The van der Waals surface area contributed by atoms with Crippen LogP contribution in [0.5, 0.6) is 0 Å². The molecule has 0 saturated heterocycles. The first-order valence-corrected chi connectivity index (χ1v) is 49.6. The molecule has 0 aliphatic heterocycles. The number of carbonyl (C=O) groups excluding carboxylic acids is 1. The largest absolute Gasteiger partial charge is 0.462 e. The summed E-state index contributed by atoms with van der Waals surface area (Å²) in [6.45, 7) is 1.74. The van der Waals surface area contributed by atoms with Crippen molar-refractivity contribution in [2.75, 3.05) is 19.1 Å². The lowest BCUT2D eigenvalue weighted by Crippen LogP contribution is -2.06. The third-order valence-corrected chi connectivity index (χ3v) is 25.6. The highest BCUT2D eigenvalue weighted by Crippen LogP contribution is 2.43. The fraction of sp³-hybridized carbons (Fsp3) is 0.146. The van der Waals surface area contributed by atoms with Gasteiger partial charge in [0.25, 0.3) is 29.5 Å². The summed E-state index contributed by atoms with van der Waals surface area (Å²) in [7, 11) is -3.23. The zero-order valence-electron chi connectivity index (χ0n) is 73.1. The van der Waals surface area contributed by atoms with Crippen molar-refractivity contribution in [3.05, 3.63) is 289 Å². The number of imidazole rings is 5. The maximum atomic E-state index is 13.0. The Labute approximate surface area is 880 Å². The van der Waals surface area contributed by atoms with Crippen LogP contribution in [0.1, 0.15) is 67.4 Å². The van der Waals surface area contributed by atoms with Crippen LogP contribution in [0.2, 0.25) is 50.2 Å². The van der Waals surface area contributed by atoms with Crippen molar-refractivity contribution in [3.8, 4) is 115 Å². The third-order valence-electron chi connectivity index (χ3n) is 20.3. The number of esters is 1. The molecule has 1 N–H and O–H groups in total. The summed E-state index contributed by atoms with van der Waals surface area (Å²) in [4.78, 5) is 53.8. The molecule has 760 valence electrons. The van der Waals surface area contributed by atoms with Crippen molar-refractivity contribution in [3.63, 3.8) is 0 Å². The van der Waals surface area contributed by atoms with E-state index < -0.39 is 74.5 Å². The van der Waals surface area contributed by atoms with E-state index in [1.54, 1.807) is 61.2 Å². The van der Waals surface area contributed by atoms with Crippen LogP contribution < -0.4 is 0 Å². The SMILES string of the molecule is CCOC(=O)c1ccc(-c2noc(-c3cn4cc(C(F)(F)F)cc(Cl)c4n3)n2)c(Cl)c1.CS(=O)(=O)Cc1ccc(-c2noc(-c3cn4cc(C(F)(F)F)cc(Cl)c4n3)n2)c(Cl)c1.CSCc1ccc(-c2noc(-c3cn4cc(C(F)(F)F)cc(Cl)c4n3)n2)c(Cl)c1.FC(F)(F)c1cc(Cl)c2nc(-c3nc(-c4ccc(CI)cc4Cl)no3)cn2c1.OCc1ccc(-c2noc(-c3cn4cc(C(F)(F)F)cc(Cl)c4n3)n2)c(Cl)c1. The first-order chi connectivity index (χ1) is 69.3. The van der Waals surface area contributed by atoms with Gasteiger partial charge in [-0.05, 0) is 132 Å². The van der Waals surface area contributed by atoms with Crippen LogP contribution in [-0.2, 0) is 68.0 Å². The van der Waals surface area contributed by atoms with Gasteiger partial charge in [-0.15, -0.1) is 0 Å². The number of sulfone groups is 1. The van der Waals surface area contributed by atoms with Crippen LogP contribution in [-0.4, -0.2) is 136 Å². The Balaban J connectivity index is 0.000000131. The minimum Gasteiger partial charge on any atom is -0.462 e. The van der Waals surface area contributed by atoms with E-state index in [4.69, 9.17) is 148 Å². The topological polar surface area (TPSA) is 362 Å². The number of benzene rings is 5. The van der Waals surface area contributed by atoms with Crippen LogP contribution in [0.15, 0.2) is 206 Å². The average molecular weight is 2390 g/mol. The first-order valence-electron chi connectivity index (χ1n) is 40.8. The maximum absolute atomic E-state index is 13.0. The monoisotopic (exact) mass is 2380 g/mol. The lowest BCUT2D eigenvalue weighted by molar-refractivity contribution is -0.138. The summed E-state index contributed by atoms with van der Waals surface area (Å²) < 4.78 is 255. The summed E-state index contributed by atoms with van der Waals surface area (Å²) in [5.41, 5.74) is 2.72. The molecule has 0 saturated carbocycles. The standard InChI is InChI=1S/C19H11Cl2F3N4O3.C18H11Cl2F3N4O3S.C18H11Cl2F3N4OS.C17H8Cl2F3IN4O.C17H9Cl2F3N4O2/c1-2-30-18(29)9-3-4-11(12(20)5-9)15-26-17(31-27-15)14-8-28-7-10(19(22,23)24)6-13(21)16(28)25-14;1-31(28,29)8-9-2-3-11(12(19)4-9)15-25-17(30-26-15)14-7-27-6-10(18(21,22)23)5-13(20)16(27)24-14;1-29-8-9-2-3-11(12(19)4-9)15-25-17(28-26-15)14-7-27-6-10(18(21,22)23)5-13(20)16(27)24-14;18-11-3-8(5-23)1-2-10(11)14-25-16(28-26-14)13-7-27-6-9(17(20,21)22)4-12(19)15(27)24-13;18-11-3-8(7-27)1-2-10(11)14-24-16(28-25-14)13-6-26-5-9(17(20,21)22)4-12(19)15(26)23-13/h3-8H,2H2,1H3;2-7H,8H2,1H3;2-7H,8H2,1H3;1-4,6-7H,5H2;1-6,27H,7H2. The van der Waals surface area contributed by atoms with E-state index in [0.29, 0.717) is 54.0 Å². The summed E-state index contributed by atoms with van der Waals surface area (Å²) >= 11 is 64.9. The molecular weight excluding hydrogens is 2340 g/mol. The van der Waals surface area contributed by atoms with Gasteiger partial charge in [0.2, 0.25) is 29.1 Å². The number of thioether (sulfide) groups is 1. The Bertz CT molecular complexity index is 8380. The number of carbonyl (C=O) groups is 1. The number of ether oxygens (including phenoxy) is 1. The maximum Gasteiger partial charge on any atom is 0.417 e. The van der Waals surface area contributed by atoms with E-state index >= 15 is 0 Å². The van der Waals surface area contributed by atoms with Crippen molar-refractivity contribution in [1.82, 2.24) is 97.6 Å². The van der Waals surface area contributed by atoms with Gasteiger partial charge in [-0.2, -0.15) is 103 Å². The van der Waals surface area contributed by atoms with Crippen molar-refractivity contribution in [2.45, 2.75) is 60.3 Å². The third kappa shape index (κ3) is 24.6. The summed E-state index contributed by atoms with van der Waals surface area (Å²) in [5, 5.41) is 29.3. The van der Waals surface area contributed by atoms with E-state index in [-0.39, 0.29) is 175 Å². The highest BCUT2D eigenvalue weighted by atomic mass is 127. The minimum absolute atomic E-state index is 0.00868. The lowest BCUT2D eigenvalue weighted by atomic mass is 10.1. The zero-order chi connectivity index (χ0) is 106. The molecular formula is C89H50Cl10F15IN20O10S2. The summed E-state index contributed by atoms with van der Waals surface area (Å²) in [6.07, 6.45) is -8.68. The van der Waals surface area contributed by atoms with Gasteiger partial charge in [0.05, 0.1) is 103 Å². The highest BCUT2D eigenvalue weighted by Gasteiger charge is 2.38. The molecule has 147 heavy (non-hydrogen) atoms. The number of alkyl halides is 16.